The van der Waals surface area contributed by atoms with Crippen LogP contribution < -0.4 is 0 Å². The molecule has 92 valence electrons. The summed E-state index contributed by atoms with van der Waals surface area (Å²) in [5.41, 5.74) is -0.361. The fourth-order valence-electron chi connectivity index (χ4n) is 1.56. The molecule has 4 nitrogen and oxygen atoms in total. The highest BCUT2D eigenvalue weighted by atomic mass is 16.7. The minimum atomic E-state index is -0.591. The van der Waals surface area contributed by atoms with Gasteiger partial charge in [0.15, 0.2) is 5.79 Å². The minimum absolute atomic E-state index is 0.213. The molecule has 0 aromatic rings. The third-order valence-electron chi connectivity index (χ3n) is 2.72. The molecule has 4 heteroatoms. The van der Waals surface area contributed by atoms with Crippen LogP contribution in [0.15, 0.2) is 0 Å². The van der Waals surface area contributed by atoms with Gasteiger partial charge in [-0.25, -0.2) is 0 Å². The molecule has 0 aromatic carbocycles. The van der Waals surface area contributed by atoms with E-state index >= 15 is 0 Å². The van der Waals surface area contributed by atoms with Crippen molar-refractivity contribution < 1.29 is 14.3 Å². The number of rotatable bonds is 3. The van der Waals surface area contributed by atoms with E-state index in [9.17, 15) is 4.79 Å². The number of ether oxygens (including phenoxy) is 2. The van der Waals surface area contributed by atoms with Crippen molar-refractivity contribution in [2.45, 2.75) is 38.9 Å². The Kier molecular flexibility index (Phi) is 4.69. The van der Waals surface area contributed by atoms with Crippen LogP contribution in [0, 0.1) is 28.6 Å². The highest BCUT2D eigenvalue weighted by molar-refractivity contribution is 5.51. The van der Waals surface area contributed by atoms with Gasteiger partial charge in [-0.2, -0.15) is 5.26 Å². The highest BCUT2D eigenvalue weighted by Gasteiger charge is 2.39. The molecule has 0 radical (unpaired) electrons. The molecule has 1 rings (SSSR count). The predicted octanol–water partition coefficient (Wildman–Crippen LogP) is 1.65. The van der Waals surface area contributed by atoms with Gasteiger partial charge in [0, 0.05) is 18.3 Å². The quantitative estimate of drug-likeness (QED) is 0.551. The second-order valence-corrected chi connectivity index (χ2v) is 4.71. The maximum atomic E-state index is 10.7. The van der Waals surface area contributed by atoms with Gasteiger partial charge in [-0.3, -0.25) is 0 Å². The average molecular weight is 235 g/mol. The second-order valence-electron chi connectivity index (χ2n) is 4.71. The molecule has 1 saturated heterocycles. The van der Waals surface area contributed by atoms with Gasteiger partial charge >= 0.3 is 0 Å². The summed E-state index contributed by atoms with van der Waals surface area (Å²) in [6.07, 6.45) is 1.97. The van der Waals surface area contributed by atoms with Crippen molar-refractivity contribution in [1.82, 2.24) is 0 Å². The molecule has 1 fully saturated rings. The Morgan fingerprint density at radius 3 is 2.47 bits per heavy atom. The standard InChI is InChI=1S/C13H17NO3/c1-12(2)16-10-13(7-9-15,11-17-12)6-4-3-5-8-14/h9H,5-7,10-11H2,1-2H3. The van der Waals surface area contributed by atoms with Crippen molar-refractivity contribution in [3.63, 3.8) is 0 Å². The van der Waals surface area contributed by atoms with E-state index in [-0.39, 0.29) is 11.8 Å². The van der Waals surface area contributed by atoms with E-state index in [0.717, 1.165) is 6.29 Å². The summed E-state index contributed by atoms with van der Waals surface area (Å²) in [7, 11) is 0. The normalized spacial score (nSPS) is 20.8. The second kappa shape index (κ2) is 5.82. The van der Waals surface area contributed by atoms with Crippen LogP contribution in [0.2, 0.25) is 0 Å². The third kappa shape index (κ3) is 4.19. The first-order chi connectivity index (χ1) is 8.04. The van der Waals surface area contributed by atoms with Gasteiger partial charge in [-0.1, -0.05) is 5.92 Å². The lowest BCUT2D eigenvalue weighted by Gasteiger charge is -2.41. The molecule has 1 aliphatic rings. The van der Waals surface area contributed by atoms with Gasteiger partial charge in [-0.15, -0.1) is 5.92 Å². The summed E-state index contributed by atoms with van der Waals surface area (Å²) in [5, 5.41) is 8.38. The van der Waals surface area contributed by atoms with Gasteiger partial charge in [0.1, 0.15) is 6.29 Å². The lowest BCUT2D eigenvalue weighted by atomic mass is 9.82. The minimum Gasteiger partial charge on any atom is -0.350 e. The summed E-state index contributed by atoms with van der Waals surface area (Å²) in [6, 6.07) is 1.96. The summed E-state index contributed by atoms with van der Waals surface area (Å²) < 4.78 is 11.2. The first-order valence-electron chi connectivity index (χ1n) is 5.58. The smallest absolute Gasteiger partial charge is 0.162 e. The maximum absolute atomic E-state index is 10.7. The molecule has 0 aliphatic carbocycles. The molecule has 17 heavy (non-hydrogen) atoms. The van der Waals surface area contributed by atoms with Gasteiger partial charge in [0.25, 0.3) is 0 Å². The van der Waals surface area contributed by atoms with Crippen LogP contribution in [0.1, 0.15) is 33.1 Å². The SMILES string of the molecule is CC1(C)OCC(CC#CCC#N)(CC=O)CO1. The Bertz CT molecular complexity index is 360. The zero-order chi connectivity index (χ0) is 12.8. The number of carbonyl (C=O) groups excluding carboxylic acids is 1. The molecular weight excluding hydrogens is 218 g/mol. The van der Waals surface area contributed by atoms with E-state index < -0.39 is 5.79 Å². The Balaban J connectivity index is 2.63. The van der Waals surface area contributed by atoms with Crippen LogP contribution in [0.4, 0.5) is 0 Å². The van der Waals surface area contributed by atoms with Crippen LogP contribution in [-0.2, 0) is 14.3 Å². The number of carbonyl (C=O) groups is 1. The van der Waals surface area contributed by atoms with E-state index in [4.69, 9.17) is 14.7 Å². The van der Waals surface area contributed by atoms with E-state index in [1.807, 2.05) is 19.9 Å². The lowest BCUT2D eigenvalue weighted by molar-refractivity contribution is -0.284. The first kappa shape index (κ1) is 13.7. The van der Waals surface area contributed by atoms with E-state index in [1.165, 1.54) is 0 Å². The van der Waals surface area contributed by atoms with Crippen LogP contribution in [-0.4, -0.2) is 25.3 Å². The number of nitriles is 1. The molecule has 0 atom stereocenters. The molecule has 0 bridgehead atoms. The molecule has 0 saturated carbocycles. The van der Waals surface area contributed by atoms with E-state index in [1.54, 1.807) is 0 Å². The Morgan fingerprint density at radius 1 is 1.29 bits per heavy atom. The first-order valence-corrected chi connectivity index (χ1v) is 5.58. The number of nitrogens with zero attached hydrogens (tertiary/aromatic N) is 1. The van der Waals surface area contributed by atoms with Gasteiger partial charge in [0.2, 0.25) is 0 Å². The fourth-order valence-corrected chi connectivity index (χ4v) is 1.56. The Labute approximate surface area is 102 Å². The summed E-state index contributed by atoms with van der Waals surface area (Å²) in [5.74, 6) is 5.07. The van der Waals surface area contributed by atoms with Crippen LogP contribution in [0.3, 0.4) is 0 Å². The fraction of sp³-hybridized carbons (Fsp3) is 0.692. The van der Waals surface area contributed by atoms with Gasteiger partial charge in [-0.05, 0) is 13.8 Å². The van der Waals surface area contributed by atoms with E-state index in [0.29, 0.717) is 26.1 Å². The maximum Gasteiger partial charge on any atom is 0.162 e. The van der Waals surface area contributed by atoms with Crippen molar-refractivity contribution in [2.24, 2.45) is 5.41 Å². The average Bonchev–Trinajstić information content (AvgIpc) is 2.29. The molecule has 0 spiro atoms. The molecule has 0 aromatic heterocycles. The molecule has 1 heterocycles. The van der Waals surface area contributed by atoms with Crippen molar-refractivity contribution >= 4 is 6.29 Å². The largest absolute Gasteiger partial charge is 0.350 e. The third-order valence-corrected chi connectivity index (χ3v) is 2.72. The van der Waals surface area contributed by atoms with Crippen LogP contribution in [0.25, 0.3) is 0 Å². The summed E-state index contributed by atoms with van der Waals surface area (Å²) in [6.45, 7) is 4.61. The van der Waals surface area contributed by atoms with E-state index in [2.05, 4.69) is 11.8 Å². The monoisotopic (exact) mass is 235 g/mol. The van der Waals surface area contributed by atoms with Crippen LogP contribution >= 0.6 is 0 Å². The zero-order valence-corrected chi connectivity index (χ0v) is 10.3. The molecule has 0 unspecified atom stereocenters. The molecule has 1 aliphatic heterocycles. The predicted molar refractivity (Wildman–Crippen MR) is 61.7 cm³/mol. The zero-order valence-electron chi connectivity index (χ0n) is 10.3. The van der Waals surface area contributed by atoms with Gasteiger partial charge in [0.05, 0.1) is 25.7 Å². The lowest BCUT2D eigenvalue weighted by Crippen LogP contribution is -2.46. The summed E-state index contributed by atoms with van der Waals surface area (Å²) in [4.78, 5) is 10.7. The Morgan fingerprint density at radius 2 is 1.94 bits per heavy atom. The van der Waals surface area contributed by atoms with Crippen LogP contribution in [0.5, 0.6) is 0 Å². The van der Waals surface area contributed by atoms with Crippen molar-refractivity contribution in [3.05, 3.63) is 0 Å². The molecular formula is C13H17NO3. The van der Waals surface area contributed by atoms with Gasteiger partial charge < -0.3 is 14.3 Å². The van der Waals surface area contributed by atoms with Crippen molar-refractivity contribution in [3.8, 4) is 17.9 Å². The highest BCUT2D eigenvalue weighted by Crippen LogP contribution is 2.34. The number of hydrogen-bond acceptors (Lipinski definition) is 4. The number of aldehydes is 1. The van der Waals surface area contributed by atoms with Crippen molar-refractivity contribution in [1.29, 1.82) is 5.26 Å². The molecule has 0 amide bonds. The van der Waals surface area contributed by atoms with Crippen molar-refractivity contribution in [2.75, 3.05) is 13.2 Å². The topological polar surface area (TPSA) is 59.3 Å². The number of hydrogen-bond donors (Lipinski definition) is 0. The molecule has 0 N–H and O–H groups in total. The summed E-state index contributed by atoms with van der Waals surface area (Å²) >= 11 is 0. The Hall–Kier alpha value is -1.36.